The highest BCUT2D eigenvalue weighted by Gasteiger charge is 2.52. The first kappa shape index (κ1) is 33.1. The summed E-state index contributed by atoms with van der Waals surface area (Å²) >= 11 is 0. The Morgan fingerprint density at radius 2 is 0.944 bits per heavy atom. The molecule has 36 heavy (non-hydrogen) atoms. The maximum atomic E-state index is 12.4. The zero-order chi connectivity index (χ0) is 26.1. The van der Waals surface area contributed by atoms with Crippen LogP contribution < -0.4 is 0 Å². The fraction of sp³-hybridized carbons (Fsp3) is 0.882. The average Bonchev–Trinajstić information content (AvgIpc) is 3.53. The average molecular weight is 503 g/mol. The second-order valence-electron chi connectivity index (χ2n) is 11.6. The van der Waals surface area contributed by atoms with Crippen LogP contribution >= 0.6 is 0 Å². The minimum atomic E-state index is -0.223. The highest BCUT2D eigenvalue weighted by atomic mass is 16.2. The molecule has 0 aromatic rings. The predicted molar refractivity (Wildman–Crippen MR) is 158 cm³/mol. The third kappa shape index (κ3) is 18.3. The molecule has 2 nitrogen and oxygen atoms in total. The Bertz CT molecular complexity index is 549. The van der Waals surface area contributed by atoms with Crippen molar-refractivity contribution in [2.24, 2.45) is 11.8 Å². The zero-order valence-electron chi connectivity index (χ0n) is 24.5. The first-order valence-electron chi connectivity index (χ1n) is 16.4. The third-order valence-corrected chi connectivity index (χ3v) is 8.12. The summed E-state index contributed by atoms with van der Waals surface area (Å²) in [5.41, 5.74) is 0. The van der Waals surface area contributed by atoms with E-state index >= 15 is 0 Å². The number of ketones is 2. The molecule has 0 radical (unpaired) electrons. The fourth-order valence-electron chi connectivity index (χ4n) is 5.54. The number of carbonyl (C=O) groups excluding carboxylic acids is 2. The molecule has 0 spiro atoms. The molecule has 0 aliphatic heterocycles. The van der Waals surface area contributed by atoms with Crippen LogP contribution in [0.1, 0.15) is 181 Å². The first-order chi connectivity index (χ1) is 17.7. The highest BCUT2D eigenvalue weighted by Crippen LogP contribution is 2.39. The molecule has 1 aliphatic rings. The molecule has 2 unspecified atom stereocenters. The normalized spacial score (nSPS) is 17.3. The summed E-state index contributed by atoms with van der Waals surface area (Å²) in [5, 5.41) is 0. The van der Waals surface area contributed by atoms with Gasteiger partial charge in [-0.25, -0.2) is 0 Å². The van der Waals surface area contributed by atoms with Gasteiger partial charge < -0.3 is 0 Å². The Balaban J connectivity index is 1.86. The smallest absolute Gasteiger partial charge is 0.148 e. The Morgan fingerprint density at radius 3 is 1.42 bits per heavy atom. The minimum Gasteiger partial charge on any atom is -0.299 e. The number of carbonyl (C=O) groups is 2. The molecule has 1 aliphatic carbocycles. The summed E-state index contributed by atoms with van der Waals surface area (Å²) in [5.74, 6) is 0.335. The van der Waals surface area contributed by atoms with Crippen LogP contribution in [-0.2, 0) is 9.59 Å². The molecular weight excluding hydrogens is 440 g/mol. The summed E-state index contributed by atoms with van der Waals surface area (Å²) in [6.07, 6.45) is 37.6. The molecule has 0 aromatic carbocycles. The van der Waals surface area contributed by atoms with Gasteiger partial charge >= 0.3 is 0 Å². The van der Waals surface area contributed by atoms with Gasteiger partial charge in [-0.1, -0.05) is 148 Å². The standard InChI is InChI=1S/C34H62O2/c1-3-5-7-9-11-13-15-17-19-21-23-25-27-29-31-33(34(31)36)32(35)30-28-26-24-22-20-18-16-14-12-10-8-6-4-2/h17,19,31,33H,3-16,18,20-30H2,1-2H3. The van der Waals surface area contributed by atoms with Crippen LogP contribution in [-0.4, -0.2) is 11.6 Å². The van der Waals surface area contributed by atoms with E-state index in [0.717, 1.165) is 32.1 Å². The van der Waals surface area contributed by atoms with Crippen LogP contribution in [0, 0.1) is 11.8 Å². The SMILES string of the molecule is CCCCCCCCC=CCCCCCC1C(=O)C1C(=O)CCCCCCCCCCCCCCC. The van der Waals surface area contributed by atoms with Crippen molar-refractivity contribution in [3.05, 3.63) is 12.2 Å². The lowest BCUT2D eigenvalue weighted by Gasteiger charge is -2.03. The Morgan fingerprint density at radius 1 is 0.556 bits per heavy atom. The molecule has 2 heteroatoms. The monoisotopic (exact) mass is 502 g/mol. The minimum absolute atomic E-state index is 0.0720. The number of rotatable bonds is 28. The topological polar surface area (TPSA) is 34.1 Å². The van der Waals surface area contributed by atoms with Crippen molar-refractivity contribution in [3.8, 4) is 0 Å². The molecule has 0 saturated heterocycles. The lowest BCUT2D eigenvalue weighted by molar-refractivity contribution is -0.122. The lowest BCUT2D eigenvalue weighted by atomic mass is 10.0. The van der Waals surface area contributed by atoms with E-state index in [1.54, 1.807) is 0 Å². The molecule has 2 atom stereocenters. The molecule has 0 N–H and O–H groups in total. The van der Waals surface area contributed by atoms with Gasteiger partial charge in [-0.2, -0.15) is 0 Å². The van der Waals surface area contributed by atoms with Gasteiger partial charge in [-0.15, -0.1) is 0 Å². The van der Waals surface area contributed by atoms with Gasteiger partial charge in [0.15, 0.2) is 0 Å². The maximum Gasteiger partial charge on any atom is 0.148 e. The summed E-state index contributed by atoms with van der Waals surface area (Å²) < 4.78 is 0. The van der Waals surface area contributed by atoms with E-state index in [2.05, 4.69) is 26.0 Å². The quantitative estimate of drug-likeness (QED) is 0.0605. The molecule has 1 fully saturated rings. The van der Waals surface area contributed by atoms with Crippen molar-refractivity contribution < 1.29 is 9.59 Å². The van der Waals surface area contributed by atoms with Crippen LogP contribution in [0.15, 0.2) is 12.2 Å². The predicted octanol–water partition coefficient (Wildman–Crippen LogP) is 11.1. The fourth-order valence-corrected chi connectivity index (χ4v) is 5.54. The maximum absolute atomic E-state index is 12.4. The number of hydrogen-bond acceptors (Lipinski definition) is 2. The van der Waals surface area contributed by atoms with E-state index in [9.17, 15) is 9.59 Å². The molecule has 210 valence electrons. The summed E-state index contributed by atoms with van der Waals surface area (Å²) in [7, 11) is 0. The molecule has 0 heterocycles. The van der Waals surface area contributed by atoms with Crippen LogP contribution in [0.2, 0.25) is 0 Å². The Kier molecular flexibility index (Phi) is 22.5. The zero-order valence-corrected chi connectivity index (χ0v) is 24.5. The second kappa shape index (κ2) is 24.4. The summed E-state index contributed by atoms with van der Waals surface area (Å²) in [6.45, 7) is 4.54. The van der Waals surface area contributed by atoms with Crippen LogP contribution in [0.4, 0.5) is 0 Å². The van der Waals surface area contributed by atoms with Crippen LogP contribution in [0.5, 0.6) is 0 Å². The van der Waals surface area contributed by atoms with Gasteiger partial charge in [-0.05, 0) is 38.5 Å². The molecular formula is C34H62O2. The largest absolute Gasteiger partial charge is 0.299 e. The summed E-state index contributed by atoms with van der Waals surface area (Å²) in [6, 6.07) is 0. The highest BCUT2D eigenvalue weighted by molar-refractivity contribution is 6.16. The van der Waals surface area contributed by atoms with E-state index in [-0.39, 0.29) is 23.4 Å². The van der Waals surface area contributed by atoms with E-state index in [4.69, 9.17) is 0 Å². The van der Waals surface area contributed by atoms with Gasteiger partial charge in [0, 0.05) is 12.3 Å². The van der Waals surface area contributed by atoms with Crippen molar-refractivity contribution in [2.45, 2.75) is 181 Å². The van der Waals surface area contributed by atoms with E-state index < -0.39 is 0 Å². The molecule has 1 rings (SSSR count). The number of Topliss-reactive ketones (excluding diaryl/α,β-unsaturated/α-hetero) is 2. The van der Waals surface area contributed by atoms with Gasteiger partial charge in [0.25, 0.3) is 0 Å². The Labute approximate surface area is 225 Å². The summed E-state index contributed by atoms with van der Waals surface area (Å²) in [4.78, 5) is 24.5. The first-order valence-corrected chi connectivity index (χ1v) is 16.4. The van der Waals surface area contributed by atoms with E-state index in [0.29, 0.717) is 6.42 Å². The van der Waals surface area contributed by atoms with Crippen LogP contribution in [0.3, 0.4) is 0 Å². The number of hydrogen-bond donors (Lipinski definition) is 0. The van der Waals surface area contributed by atoms with Crippen molar-refractivity contribution in [1.29, 1.82) is 0 Å². The van der Waals surface area contributed by atoms with Gasteiger partial charge in [0.05, 0.1) is 5.92 Å². The molecule has 1 saturated carbocycles. The van der Waals surface area contributed by atoms with Gasteiger partial charge in [0.2, 0.25) is 0 Å². The second-order valence-corrected chi connectivity index (χ2v) is 11.6. The third-order valence-electron chi connectivity index (χ3n) is 8.12. The molecule has 0 amide bonds. The molecule has 0 aromatic heterocycles. The molecule has 0 bridgehead atoms. The lowest BCUT2D eigenvalue weighted by Crippen LogP contribution is -2.03. The van der Waals surface area contributed by atoms with Crippen molar-refractivity contribution in [1.82, 2.24) is 0 Å². The van der Waals surface area contributed by atoms with E-state index in [1.807, 2.05) is 0 Å². The van der Waals surface area contributed by atoms with Gasteiger partial charge in [0.1, 0.15) is 11.6 Å². The van der Waals surface area contributed by atoms with Crippen molar-refractivity contribution in [3.63, 3.8) is 0 Å². The number of unbranched alkanes of at least 4 members (excludes halogenated alkanes) is 21. The Hall–Kier alpha value is -0.920. The van der Waals surface area contributed by atoms with E-state index in [1.165, 1.54) is 128 Å². The van der Waals surface area contributed by atoms with Crippen molar-refractivity contribution >= 4 is 11.6 Å². The van der Waals surface area contributed by atoms with Gasteiger partial charge in [-0.3, -0.25) is 9.59 Å². The van der Waals surface area contributed by atoms with Crippen molar-refractivity contribution in [2.75, 3.05) is 0 Å². The van der Waals surface area contributed by atoms with Crippen LogP contribution in [0.25, 0.3) is 0 Å². The number of allylic oxidation sites excluding steroid dienone is 2.